The van der Waals surface area contributed by atoms with Crippen molar-refractivity contribution in [3.05, 3.63) is 242 Å². The summed E-state index contributed by atoms with van der Waals surface area (Å²) in [6.07, 6.45) is 7.16. The van der Waals surface area contributed by atoms with Crippen LogP contribution in [0.1, 0.15) is 185 Å². The number of nitrogens with zero attached hydrogens (tertiary/aromatic N) is 3. The highest BCUT2D eigenvalue weighted by Crippen LogP contribution is 2.28. The van der Waals surface area contributed by atoms with Crippen molar-refractivity contribution in [3.8, 4) is 51.6 Å². The molecule has 3 amide bonds. The number of hydrogen-bond acceptors (Lipinski definition) is 12. The largest absolute Gasteiger partial charge is 0.493 e. The van der Waals surface area contributed by atoms with E-state index >= 15 is 0 Å². The summed E-state index contributed by atoms with van der Waals surface area (Å²) in [5, 5.41) is 26.3. The maximum absolute atomic E-state index is 13.5. The van der Waals surface area contributed by atoms with Crippen molar-refractivity contribution in [2.75, 3.05) is 26.4 Å². The Morgan fingerprint density at radius 3 is 1.17 bits per heavy atom. The molecule has 1 atom stereocenters. The van der Waals surface area contributed by atoms with E-state index in [9.17, 15) is 38.4 Å². The minimum Gasteiger partial charge on any atom is -0.493 e. The number of hydrogen-bond donors (Lipinski definition) is 5. The minimum absolute atomic E-state index is 0.0259. The minimum atomic E-state index is -2.17. The molecule has 1 fully saturated rings. The second kappa shape index (κ2) is 42.4. The molecule has 8 aromatic rings. The van der Waals surface area contributed by atoms with Crippen molar-refractivity contribution in [2.24, 2.45) is 0 Å². The molecular formula is C84H97N5O15. The molecule has 104 heavy (non-hydrogen) atoms. The average molecular weight is 1420 g/mol. The highest BCUT2D eigenvalue weighted by molar-refractivity contribution is 5.96. The van der Waals surface area contributed by atoms with Crippen LogP contribution >= 0.6 is 0 Å². The van der Waals surface area contributed by atoms with Crippen molar-refractivity contribution in [1.29, 1.82) is 0 Å². The van der Waals surface area contributed by atoms with Gasteiger partial charge in [0.2, 0.25) is 11.1 Å². The Labute approximate surface area is 616 Å². The number of unbranched alkanes of at least 4 members (excludes halogenated alkanes) is 6. The predicted octanol–water partition coefficient (Wildman–Crippen LogP) is 15.1. The van der Waals surface area contributed by atoms with Crippen LogP contribution in [0.4, 0.5) is 0 Å². The molecule has 3 heterocycles. The molecule has 2 aromatic heterocycles. The number of rotatable bonds is 35. The van der Waals surface area contributed by atoms with Gasteiger partial charge >= 0.3 is 17.9 Å². The van der Waals surface area contributed by atoms with Gasteiger partial charge in [-0.25, -0.2) is 0 Å². The molecule has 0 aliphatic carbocycles. The first-order valence-electron chi connectivity index (χ1n) is 37.6. The number of nitrogens with one attached hydrogen (secondary N) is 2. The van der Waals surface area contributed by atoms with Gasteiger partial charge in [0, 0.05) is 126 Å². The fraction of sp³-hybridized carbons (Fsp3) is 0.357. The van der Waals surface area contributed by atoms with Crippen molar-refractivity contribution >= 4 is 35.6 Å². The van der Waals surface area contributed by atoms with Crippen molar-refractivity contribution in [3.63, 3.8) is 0 Å². The number of H-pyrrole nitrogens is 2. The monoisotopic (exact) mass is 1420 g/mol. The molecule has 548 valence electrons. The molecule has 9 rings (SSSR count). The summed E-state index contributed by atoms with van der Waals surface area (Å²) in [6, 6.07) is 49.1. The van der Waals surface area contributed by atoms with Gasteiger partial charge in [-0.05, 0) is 189 Å². The van der Waals surface area contributed by atoms with E-state index in [2.05, 4.69) is 21.8 Å². The maximum atomic E-state index is 13.5. The Balaban J connectivity index is 0.000000228. The van der Waals surface area contributed by atoms with Crippen molar-refractivity contribution < 1.29 is 69.9 Å². The molecule has 0 spiro atoms. The van der Waals surface area contributed by atoms with E-state index in [1.807, 2.05) is 24.3 Å². The van der Waals surface area contributed by atoms with Crippen LogP contribution in [0.5, 0.6) is 17.2 Å². The third kappa shape index (κ3) is 26.7. The lowest BCUT2D eigenvalue weighted by Gasteiger charge is -2.28. The van der Waals surface area contributed by atoms with E-state index in [1.54, 1.807) is 187 Å². The summed E-state index contributed by atoms with van der Waals surface area (Å²) in [5.41, 5.74) is 5.55. The van der Waals surface area contributed by atoms with Crippen molar-refractivity contribution in [1.82, 2.24) is 24.7 Å². The number of carboxylic acids is 3. The van der Waals surface area contributed by atoms with Gasteiger partial charge < -0.3 is 58.9 Å². The smallest absolute Gasteiger partial charge is 0.303 e. The molecule has 0 saturated carbocycles. The quantitative estimate of drug-likeness (QED) is 0.0182. The SMILES string of the molecule is [2H]C(C)(C)N(Cc1ccccc1OCCCCCC(=O)O)C(=O)c1ccc(-c2cccc(=O)[nH]2)cc1.[2H]C([2H])(c1ccccc1OCCCCCC(=O)O)N(C(=O)c1ccc(-c2cccc(=O)[nH]2)cc1)C(C)C.[2H]C([2H])(c1ccccc1OCCCCCC(=O)O)N(C(=O)c1ccc(C#CC2CCO2)cc1)C(C)C. The van der Waals surface area contributed by atoms with Gasteiger partial charge in [-0.2, -0.15) is 0 Å². The zero-order valence-corrected chi connectivity index (χ0v) is 59.9. The zero-order chi connectivity index (χ0) is 79.3. The molecule has 20 nitrogen and oxygen atoms in total. The Kier molecular flexibility index (Phi) is 29.7. The first-order valence-corrected chi connectivity index (χ1v) is 35.1. The van der Waals surface area contributed by atoms with Gasteiger partial charge in [-0.3, -0.25) is 38.4 Å². The molecule has 5 N–H and O–H groups in total. The van der Waals surface area contributed by atoms with Gasteiger partial charge in [-0.15, -0.1) is 0 Å². The second-order valence-electron chi connectivity index (χ2n) is 25.4. The molecule has 1 saturated heterocycles. The number of para-hydroxylation sites is 3. The highest BCUT2D eigenvalue weighted by Gasteiger charge is 2.25. The number of carboxylic acid groups (broad SMARTS) is 3. The standard InChI is InChI=1S/2C28H32N2O5.C28H33NO5/c2*1-20(2)30(19-23-9-5-6-11-25(23)35-18-7-3-4-13-27(32)33)28(34)22-16-14-21(15-17-22)24-10-8-12-26(31)29-24;1-21(2)29(28(32)23-14-11-22(12-15-23)13-16-25-17-19-33-25)20-24-8-5-6-9-26(24)34-18-7-3-4-10-27(30)31/h2*5-6,8-12,14-17,20H,3-4,7,13,18-19H2,1-2H3,(H,29,31)(H,32,33);5-6,8-9,11-12,14-15,21,25H,3-4,7,10,17-20H2,1-2H3,(H,30,31)/i20D;19D2;20D2. The van der Waals surface area contributed by atoms with E-state index in [0.717, 1.165) is 48.1 Å². The molecule has 1 aliphatic heterocycles. The average Bonchev–Trinajstić information content (AvgIpc) is 0.777. The number of pyridine rings is 2. The van der Waals surface area contributed by atoms with E-state index < -0.39 is 60.8 Å². The number of amides is 3. The van der Waals surface area contributed by atoms with Crippen LogP contribution in [0.2, 0.25) is 0 Å². The maximum Gasteiger partial charge on any atom is 0.303 e. The van der Waals surface area contributed by atoms with Gasteiger partial charge in [0.25, 0.3) is 17.7 Å². The van der Waals surface area contributed by atoms with Gasteiger partial charge in [-0.1, -0.05) is 103 Å². The third-order valence-corrected chi connectivity index (χ3v) is 16.3. The molecule has 20 heteroatoms. The molecular weight excluding hydrogens is 1320 g/mol. The second-order valence-corrected chi connectivity index (χ2v) is 25.4. The van der Waals surface area contributed by atoms with Gasteiger partial charge in [0.15, 0.2) is 0 Å². The Morgan fingerprint density at radius 1 is 0.471 bits per heavy atom. The first kappa shape index (κ1) is 72.7. The van der Waals surface area contributed by atoms with Crippen LogP contribution in [0.15, 0.2) is 192 Å². The number of aromatic nitrogens is 2. The summed E-state index contributed by atoms with van der Waals surface area (Å²) in [4.78, 5) is 105. The van der Waals surface area contributed by atoms with Gasteiger partial charge in [0.05, 0.1) is 33.3 Å². The van der Waals surface area contributed by atoms with E-state index in [0.29, 0.717) is 110 Å². The lowest BCUT2D eigenvalue weighted by Crippen LogP contribution is -2.36. The summed E-state index contributed by atoms with van der Waals surface area (Å²) in [7, 11) is 0. The van der Waals surface area contributed by atoms with Crippen LogP contribution in [0, 0.1) is 11.8 Å². The lowest BCUT2D eigenvalue weighted by molar-refractivity contribution is -0.138. The van der Waals surface area contributed by atoms with Crippen LogP contribution in [-0.4, -0.2) is 126 Å². The zero-order valence-electron chi connectivity index (χ0n) is 64.9. The van der Waals surface area contributed by atoms with Crippen LogP contribution in [0.3, 0.4) is 0 Å². The lowest BCUT2D eigenvalue weighted by atomic mass is 10.1. The third-order valence-electron chi connectivity index (χ3n) is 16.3. The molecule has 0 bridgehead atoms. The van der Waals surface area contributed by atoms with Crippen LogP contribution in [-0.2, 0) is 38.7 Å². The fourth-order valence-corrected chi connectivity index (χ4v) is 10.5. The summed E-state index contributed by atoms with van der Waals surface area (Å²) < 4.78 is 67.4. The van der Waals surface area contributed by atoms with E-state index in [4.69, 9.17) is 41.1 Å². The Hall–Kier alpha value is -11.0. The van der Waals surface area contributed by atoms with Crippen LogP contribution in [0.25, 0.3) is 22.5 Å². The molecule has 1 unspecified atom stereocenters. The number of benzene rings is 6. The number of carbonyl (C=O) groups is 6. The summed E-state index contributed by atoms with van der Waals surface area (Å²) in [6.45, 7) is 8.11. The number of carbonyl (C=O) groups excluding carboxylic acids is 3. The normalized spacial score (nSPS) is 13.2. The number of ether oxygens (including phenoxy) is 4. The molecule has 1 aliphatic rings. The fourth-order valence-electron chi connectivity index (χ4n) is 10.5. The van der Waals surface area contributed by atoms with Crippen molar-refractivity contribution in [2.45, 2.75) is 169 Å². The summed E-state index contributed by atoms with van der Waals surface area (Å²) in [5.74, 6) is 3.79. The number of aromatic amines is 2. The molecule has 0 radical (unpaired) electrons. The Bertz CT molecular complexity index is 4510. The topological polar surface area (TPSA) is 275 Å². The number of aliphatic carboxylic acids is 3. The van der Waals surface area contributed by atoms with E-state index in [1.165, 1.54) is 26.8 Å². The summed E-state index contributed by atoms with van der Waals surface area (Å²) >= 11 is 0. The predicted molar refractivity (Wildman–Crippen MR) is 402 cm³/mol. The Morgan fingerprint density at radius 2 is 0.827 bits per heavy atom. The van der Waals surface area contributed by atoms with E-state index in [-0.39, 0.29) is 60.1 Å². The van der Waals surface area contributed by atoms with Crippen LogP contribution < -0.4 is 25.3 Å². The molecule has 6 aromatic carbocycles. The van der Waals surface area contributed by atoms with Gasteiger partial charge in [0.1, 0.15) is 23.4 Å². The first-order chi connectivity index (χ1) is 52.0. The highest BCUT2D eigenvalue weighted by atomic mass is 16.5.